The Morgan fingerprint density at radius 2 is 1.12 bits per heavy atom. The first-order valence-corrected chi connectivity index (χ1v) is 22.8. The summed E-state index contributed by atoms with van der Waals surface area (Å²) in [4.78, 5) is 25.6. The minimum atomic E-state index is -0.652. The first-order valence-electron chi connectivity index (χ1n) is 22.8. The van der Waals surface area contributed by atoms with Gasteiger partial charge in [0.05, 0.1) is 115 Å². The number of esters is 2. The number of quaternary nitrogens is 2. The van der Waals surface area contributed by atoms with Gasteiger partial charge in [-0.1, -0.05) is 24.3 Å². The summed E-state index contributed by atoms with van der Waals surface area (Å²) in [6.45, 7) is 2.15. The van der Waals surface area contributed by atoms with E-state index in [-0.39, 0.29) is 58.3 Å². The van der Waals surface area contributed by atoms with Gasteiger partial charge in [0.15, 0.2) is 23.0 Å². The summed E-state index contributed by atoms with van der Waals surface area (Å²) < 4.78 is 35.0. The molecule has 4 atom stereocenters. The molecule has 0 aliphatic carbocycles. The molecule has 0 saturated heterocycles. The highest BCUT2D eigenvalue weighted by atomic mass is 16.5. The molecule has 15 nitrogen and oxygen atoms in total. The molecule has 67 heavy (non-hydrogen) atoms. The molecule has 4 aromatic carbocycles. The van der Waals surface area contributed by atoms with Crippen molar-refractivity contribution >= 4 is 11.9 Å². The average molecular weight is 929 g/mol. The Balaban J connectivity index is 1.07. The molecular weight excluding hydrogens is 861 g/mol. The van der Waals surface area contributed by atoms with E-state index < -0.39 is 11.9 Å². The number of ether oxygens (including phenoxy) is 6. The molecule has 0 saturated carbocycles. The second kappa shape index (κ2) is 23.0. The van der Waals surface area contributed by atoms with Crippen LogP contribution in [0.2, 0.25) is 0 Å². The molecule has 0 radical (unpaired) electrons. The second-order valence-electron chi connectivity index (χ2n) is 17.9. The number of likely N-dealkylation sites (N-methyl/N-ethyl adjacent to an activating group) is 2. The highest BCUT2D eigenvalue weighted by molar-refractivity contribution is 5.91. The van der Waals surface area contributed by atoms with Gasteiger partial charge in [-0.05, 0) is 69.3 Å². The number of fused-ring (bicyclic) bond motifs is 2. The summed E-state index contributed by atoms with van der Waals surface area (Å²) in [5, 5.41) is 50.3. The lowest BCUT2D eigenvalue weighted by atomic mass is 9.83. The maximum absolute atomic E-state index is 12.8. The molecule has 4 aromatic rings. The lowest BCUT2D eigenvalue weighted by molar-refractivity contribution is -0.941. The highest BCUT2D eigenvalue weighted by Gasteiger charge is 2.42. The summed E-state index contributed by atoms with van der Waals surface area (Å²) in [6.07, 6.45) is 5.41. The van der Waals surface area contributed by atoms with Gasteiger partial charge in [0.25, 0.3) is 0 Å². The van der Waals surface area contributed by atoms with Gasteiger partial charge >= 0.3 is 11.9 Å². The molecule has 15 heteroatoms. The van der Waals surface area contributed by atoms with Crippen LogP contribution in [0.5, 0.6) is 23.0 Å². The van der Waals surface area contributed by atoms with E-state index in [0.717, 1.165) is 71.5 Å². The first kappa shape index (κ1) is 50.9. The maximum atomic E-state index is 12.8. The van der Waals surface area contributed by atoms with E-state index in [1.165, 1.54) is 0 Å². The van der Waals surface area contributed by atoms with Gasteiger partial charge < -0.3 is 62.9 Å². The average Bonchev–Trinajstić information content (AvgIpc) is 3.35. The molecule has 0 fully saturated rings. The summed E-state index contributed by atoms with van der Waals surface area (Å²) in [5.74, 6) is 0.923. The van der Waals surface area contributed by atoms with Crippen molar-refractivity contribution < 1.29 is 72.5 Å². The molecular formula is C52H68N2O13+2. The molecule has 2 aliphatic heterocycles. The smallest absolute Gasteiger partial charge is 0.331 e. The number of rotatable bonds is 22. The SMILES string of the molecule is COc1cc2c(cc1OC)C(c1cc(CO)c(OC)c(OC)c1)[N+](C)(CCCOC(=O)/C=C/C(=O)OCCC[N+]1(C)CCc3cc(CO)c(CO)cc3C1Cc1ccc(CO)c(CO)c1)CC2. The van der Waals surface area contributed by atoms with Gasteiger partial charge in [-0.25, -0.2) is 9.59 Å². The van der Waals surface area contributed by atoms with Gasteiger partial charge in [-0.2, -0.15) is 0 Å². The number of hydrogen-bond acceptors (Lipinski definition) is 13. The van der Waals surface area contributed by atoms with Gasteiger partial charge in [0.2, 0.25) is 0 Å². The number of benzene rings is 4. The monoisotopic (exact) mass is 928 g/mol. The van der Waals surface area contributed by atoms with Crippen molar-refractivity contribution in [2.24, 2.45) is 0 Å². The zero-order chi connectivity index (χ0) is 48.3. The number of aliphatic hydroxyl groups excluding tert-OH is 5. The van der Waals surface area contributed by atoms with Gasteiger partial charge in [0, 0.05) is 66.5 Å². The van der Waals surface area contributed by atoms with Crippen LogP contribution in [0.25, 0.3) is 0 Å². The fourth-order valence-electron chi connectivity index (χ4n) is 10.2. The number of carbonyl (C=O) groups excluding carboxylic acids is 2. The molecule has 0 spiro atoms. The van der Waals surface area contributed by atoms with Gasteiger partial charge in [0.1, 0.15) is 12.1 Å². The topological polar surface area (TPSA) is 191 Å². The fourth-order valence-corrected chi connectivity index (χ4v) is 10.2. The lowest BCUT2D eigenvalue weighted by Crippen LogP contribution is -2.52. The molecule has 4 unspecified atom stereocenters. The van der Waals surface area contributed by atoms with Crippen LogP contribution in [0.1, 0.15) is 86.1 Å². The normalized spacial score (nSPS) is 19.9. The molecule has 2 heterocycles. The van der Waals surface area contributed by atoms with Crippen LogP contribution in [-0.4, -0.2) is 128 Å². The molecule has 2 aliphatic rings. The molecule has 5 N–H and O–H groups in total. The Kier molecular flexibility index (Phi) is 17.5. The zero-order valence-corrected chi connectivity index (χ0v) is 39.7. The maximum Gasteiger partial charge on any atom is 0.331 e. The fraction of sp³-hybridized carbons (Fsp3) is 0.462. The Hall–Kier alpha value is -5.52. The Bertz CT molecular complexity index is 2380. The van der Waals surface area contributed by atoms with Crippen molar-refractivity contribution in [3.05, 3.63) is 128 Å². The van der Waals surface area contributed by atoms with Crippen molar-refractivity contribution in [1.29, 1.82) is 0 Å². The minimum absolute atomic E-state index is 0.0439. The van der Waals surface area contributed by atoms with Gasteiger partial charge in [-0.3, -0.25) is 0 Å². The quantitative estimate of drug-likeness (QED) is 0.0317. The Morgan fingerprint density at radius 3 is 1.70 bits per heavy atom. The standard InChI is InChI=1S/C52H68N2O13/c1-53(17-13-35-23-40(31-57)41(32-58)25-43(35)45(53)22-34-9-10-37(29-55)39(21-34)30-56)15-7-19-66-49(60)11-12-50(61)67-20-8-16-54(2)18-14-36-26-46(62-3)47(63-4)28-44(36)51(54)38-24-42(33-59)52(65-6)48(27-38)64-5/h9-12,21,23-28,45,51,55-59H,7-8,13-20,22,29-33H2,1-6H3/q+2/b12-11+. The molecule has 6 rings (SSSR count). The third kappa shape index (κ3) is 11.4. The first-order chi connectivity index (χ1) is 32.3. The van der Waals surface area contributed by atoms with Crippen molar-refractivity contribution in [3.8, 4) is 23.0 Å². The molecule has 0 aromatic heterocycles. The van der Waals surface area contributed by atoms with E-state index in [4.69, 9.17) is 28.4 Å². The Labute approximate surface area is 393 Å². The van der Waals surface area contributed by atoms with Crippen LogP contribution in [-0.2, 0) is 71.4 Å². The summed E-state index contributed by atoms with van der Waals surface area (Å²) in [7, 11) is 10.7. The van der Waals surface area contributed by atoms with Crippen molar-refractivity contribution in [3.63, 3.8) is 0 Å². The largest absolute Gasteiger partial charge is 0.493 e. The number of nitrogens with zero attached hydrogens (tertiary/aromatic N) is 2. The van der Waals surface area contributed by atoms with E-state index in [0.29, 0.717) is 92.1 Å². The molecule has 0 amide bonds. The summed E-state index contributed by atoms with van der Waals surface area (Å²) in [5.41, 5.74) is 9.61. The minimum Gasteiger partial charge on any atom is -0.493 e. The third-order valence-corrected chi connectivity index (χ3v) is 13.8. The summed E-state index contributed by atoms with van der Waals surface area (Å²) in [6, 6.07) is 17.4. The van der Waals surface area contributed by atoms with Crippen LogP contribution < -0.4 is 18.9 Å². The summed E-state index contributed by atoms with van der Waals surface area (Å²) >= 11 is 0. The van der Waals surface area contributed by atoms with E-state index in [1.54, 1.807) is 28.4 Å². The molecule has 362 valence electrons. The highest BCUT2D eigenvalue weighted by Crippen LogP contribution is 2.47. The van der Waals surface area contributed by atoms with Crippen LogP contribution in [0.3, 0.4) is 0 Å². The molecule has 0 bridgehead atoms. The van der Waals surface area contributed by atoms with Crippen LogP contribution in [0.4, 0.5) is 0 Å². The van der Waals surface area contributed by atoms with E-state index >= 15 is 0 Å². The van der Waals surface area contributed by atoms with E-state index in [1.807, 2.05) is 54.6 Å². The van der Waals surface area contributed by atoms with E-state index in [9.17, 15) is 35.1 Å². The van der Waals surface area contributed by atoms with Crippen molar-refractivity contribution in [2.75, 3.05) is 81.9 Å². The second-order valence-corrected chi connectivity index (χ2v) is 17.9. The van der Waals surface area contributed by atoms with Crippen molar-refractivity contribution in [2.45, 2.75) is 77.2 Å². The van der Waals surface area contributed by atoms with E-state index in [2.05, 4.69) is 14.1 Å². The number of aliphatic hydroxyl groups is 5. The predicted octanol–water partition coefficient (Wildman–Crippen LogP) is 4.68. The Morgan fingerprint density at radius 1 is 0.582 bits per heavy atom. The predicted molar refractivity (Wildman–Crippen MR) is 249 cm³/mol. The zero-order valence-electron chi connectivity index (χ0n) is 39.7. The number of carbonyl (C=O) groups is 2. The van der Waals surface area contributed by atoms with Crippen LogP contribution in [0, 0.1) is 0 Å². The lowest BCUT2D eigenvalue weighted by Gasteiger charge is -2.46. The number of hydrogen-bond donors (Lipinski definition) is 5. The number of methoxy groups -OCH3 is 4. The third-order valence-electron chi connectivity index (χ3n) is 13.8. The van der Waals surface area contributed by atoms with Gasteiger partial charge in [-0.15, -0.1) is 0 Å². The van der Waals surface area contributed by atoms with Crippen molar-refractivity contribution in [1.82, 2.24) is 0 Å². The van der Waals surface area contributed by atoms with Crippen LogP contribution in [0.15, 0.2) is 66.7 Å². The van der Waals surface area contributed by atoms with Crippen LogP contribution >= 0.6 is 0 Å².